The van der Waals surface area contributed by atoms with E-state index in [-0.39, 0.29) is 34.8 Å². The van der Waals surface area contributed by atoms with Gasteiger partial charge >= 0.3 is 0 Å². The Morgan fingerprint density at radius 3 is 2.07 bits per heavy atom. The monoisotopic (exact) mass is 611 g/mol. The molecule has 1 atom stereocenters. The van der Waals surface area contributed by atoms with Crippen molar-refractivity contribution in [3.63, 3.8) is 0 Å². The first-order chi connectivity index (χ1) is 20.4. The van der Waals surface area contributed by atoms with E-state index < -0.39 is 28.5 Å². The Morgan fingerprint density at radius 1 is 0.884 bits per heavy atom. The van der Waals surface area contributed by atoms with Gasteiger partial charge in [-0.25, -0.2) is 8.42 Å². The smallest absolute Gasteiger partial charge is 0.264 e. The number of methoxy groups -OCH3 is 2. The first-order valence-electron chi connectivity index (χ1n) is 14.0. The second kappa shape index (κ2) is 14.8. The molecular weight excluding hydrogens is 570 g/mol. The third kappa shape index (κ3) is 8.41. The number of sulfonamides is 1. The number of carbonyl (C=O) groups is 2. The highest BCUT2D eigenvalue weighted by Crippen LogP contribution is 2.33. The number of nitrogens with zero attached hydrogens (tertiary/aromatic N) is 2. The molecule has 0 saturated carbocycles. The molecule has 0 radical (unpaired) electrons. The van der Waals surface area contributed by atoms with Crippen LogP contribution in [0.5, 0.6) is 17.2 Å². The van der Waals surface area contributed by atoms with Gasteiger partial charge in [-0.3, -0.25) is 13.9 Å². The van der Waals surface area contributed by atoms with Gasteiger partial charge in [-0.2, -0.15) is 0 Å². The fraction of sp³-hybridized carbons (Fsp3) is 0.375. The summed E-state index contributed by atoms with van der Waals surface area (Å²) in [7, 11) is -1.43. The van der Waals surface area contributed by atoms with Crippen molar-refractivity contribution in [2.75, 3.05) is 31.7 Å². The van der Waals surface area contributed by atoms with Gasteiger partial charge in [-0.05, 0) is 76.6 Å². The van der Waals surface area contributed by atoms with Crippen molar-refractivity contribution in [1.29, 1.82) is 0 Å². The van der Waals surface area contributed by atoms with Gasteiger partial charge in [-0.1, -0.05) is 29.8 Å². The zero-order valence-electron chi connectivity index (χ0n) is 25.8. The summed E-state index contributed by atoms with van der Waals surface area (Å²) in [4.78, 5) is 28.4. The van der Waals surface area contributed by atoms with E-state index in [9.17, 15) is 18.0 Å². The molecule has 2 amide bonds. The minimum atomic E-state index is -4.30. The molecule has 0 aliphatic carbocycles. The summed E-state index contributed by atoms with van der Waals surface area (Å²) in [5.41, 5.74) is 2.11. The van der Waals surface area contributed by atoms with E-state index in [0.717, 1.165) is 15.4 Å². The molecule has 3 aromatic carbocycles. The van der Waals surface area contributed by atoms with Crippen molar-refractivity contribution in [1.82, 2.24) is 10.2 Å². The Balaban J connectivity index is 2.08. The first kappa shape index (κ1) is 33.3. The molecule has 11 heteroatoms. The van der Waals surface area contributed by atoms with Crippen LogP contribution in [0.3, 0.4) is 0 Å². The third-order valence-corrected chi connectivity index (χ3v) is 8.50. The zero-order chi connectivity index (χ0) is 31.7. The van der Waals surface area contributed by atoms with E-state index in [1.54, 1.807) is 31.2 Å². The highest BCUT2D eigenvalue weighted by atomic mass is 32.2. The molecular formula is C32H41N3O7S. The fourth-order valence-corrected chi connectivity index (χ4v) is 5.82. The molecule has 0 fully saturated rings. The van der Waals surface area contributed by atoms with E-state index in [4.69, 9.17) is 14.2 Å². The van der Waals surface area contributed by atoms with Gasteiger partial charge < -0.3 is 24.4 Å². The van der Waals surface area contributed by atoms with Crippen molar-refractivity contribution in [2.45, 2.75) is 58.1 Å². The largest absolute Gasteiger partial charge is 0.494 e. The number of nitrogens with one attached hydrogen (secondary N) is 1. The normalized spacial score (nSPS) is 11.9. The second-order valence-corrected chi connectivity index (χ2v) is 12.2. The predicted molar refractivity (Wildman–Crippen MR) is 166 cm³/mol. The maximum atomic E-state index is 14.2. The minimum absolute atomic E-state index is 0.0949. The van der Waals surface area contributed by atoms with Gasteiger partial charge in [0.1, 0.15) is 18.3 Å². The van der Waals surface area contributed by atoms with Gasteiger partial charge in [0.05, 0.1) is 31.4 Å². The molecule has 0 heterocycles. The molecule has 10 nitrogen and oxygen atoms in total. The number of ether oxygens (including phenoxy) is 3. The Kier molecular flexibility index (Phi) is 11.4. The van der Waals surface area contributed by atoms with E-state index in [2.05, 4.69) is 5.32 Å². The molecule has 0 aliphatic rings. The summed E-state index contributed by atoms with van der Waals surface area (Å²) in [6, 6.07) is 17.3. The van der Waals surface area contributed by atoms with Gasteiger partial charge in [0.2, 0.25) is 11.8 Å². The SMILES string of the molecule is CCOc1ccc(N(CC(=O)N(Cc2ccc(C)cc2)[C@@H](C)C(=O)NC(C)C)S(=O)(=O)c2ccc(OC)c(OC)c2)cc1. The van der Waals surface area contributed by atoms with Crippen LogP contribution in [0.15, 0.2) is 71.6 Å². The number of rotatable bonds is 14. The standard InChI is InChI=1S/C32H41N3O7S/c1-8-42-27-15-13-26(14-16-27)35(43(38,39)28-17-18-29(40-6)30(19-28)41-7)21-31(36)34(24(5)32(37)33-22(2)3)20-25-11-9-23(4)10-12-25/h9-19,22,24H,8,20-21H2,1-7H3,(H,33,37)/t24-/m0/s1. The molecule has 232 valence electrons. The summed E-state index contributed by atoms with van der Waals surface area (Å²) in [5.74, 6) is 0.248. The van der Waals surface area contributed by atoms with Crippen LogP contribution in [0, 0.1) is 6.92 Å². The second-order valence-electron chi connectivity index (χ2n) is 10.3. The minimum Gasteiger partial charge on any atom is -0.494 e. The van der Waals surface area contributed by atoms with Crippen LogP contribution in [0.25, 0.3) is 0 Å². The first-order valence-corrected chi connectivity index (χ1v) is 15.5. The molecule has 3 aromatic rings. The number of benzene rings is 3. The average molecular weight is 612 g/mol. The Morgan fingerprint density at radius 2 is 1.51 bits per heavy atom. The number of carbonyl (C=O) groups excluding carboxylic acids is 2. The molecule has 0 saturated heterocycles. The summed E-state index contributed by atoms with van der Waals surface area (Å²) < 4.78 is 45.5. The lowest BCUT2D eigenvalue weighted by atomic mass is 10.1. The van der Waals surface area contributed by atoms with Gasteiger partial charge in [0, 0.05) is 18.7 Å². The lowest BCUT2D eigenvalue weighted by Gasteiger charge is -2.32. The number of amides is 2. The van der Waals surface area contributed by atoms with E-state index in [0.29, 0.717) is 18.1 Å². The van der Waals surface area contributed by atoms with Crippen LogP contribution >= 0.6 is 0 Å². The van der Waals surface area contributed by atoms with E-state index in [1.807, 2.05) is 52.0 Å². The molecule has 0 spiro atoms. The van der Waals surface area contributed by atoms with Crippen LogP contribution in [-0.4, -0.2) is 64.6 Å². The summed E-state index contributed by atoms with van der Waals surface area (Å²) >= 11 is 0. The van der Waals surface area contributed by atoms with Crippen LogP contribution in [-0.2, 0) is 26.2 Å². The average Bonchev–Trinajstić information content (AvgIpc) is 2.98. The number of hydrogen-bond donors (Lipinski definition) is 1. The Labute approximate surface area is 254 Å². The molecule has 0 aliphatic heterocycles. The molecule has 0 aromatic heterocycles. The van der Waals surface area contributed by atoms with Crippen LogP contribution in [0.4, 0.5) is 5.69 Å². The number of aryl methyl sites for hydroxylation is 1. The molecule has 3 rings (SSSR count). The number of anilines is 1. The van der Waals surface area contributed by atoms with Crippen molar-refractivity contribution >= 4 is 27.5 Å². The van der Waals surface area contributed by atoms with Crippen LogP contribution in [0.1, 0.15) is 38.8 Å². The third-order valence-electron chi connectivity index (χ3n) is 6.73. The molecule has 1 N–H and O–H groups in total. The maximum Gasteiger partial charge on any atom is 0.264 e. The highest BCUT2D eigenvalue weighted by molar-refractivity contribution is 7.92. The van der Waals surface area contributed by atoms with Gasteiger partial charge in [0.15, 0.2) is 11.5 Å². The fourth-order valence-electron chi connectivity index (χ4n) is 4.39. The number of hydrogen-bond acceptors (Lipinski definition) is 7. The van der Waals surface area contributed by atoms with Crippen molar-refractivity contribution in [2.24, 2.45) is 0 Å². The van der Waals surface area contributed by atoms with Gasteiger partial charge in [0.25, 0.3) is 10.0 Å². The van der Waals surface area contributed by atoms with Crippen LogP contribution in [0.2, 0.25) is 0 Å². The topological polar surface area (TPSA) is 114 Å². The van der Waals surface area contributed by atoms with Crippen molar-refractivity contribution < 1.29 is 32.2 Å². The van der Waals surface area contributed by atoms with Gasteiger partial charge in [-0.15, -0.1) is 0 Å². The van der Waals surface area contributed by atoms with E-state index >= 15 is 0 Å². The Hall–Kier alpha value is -4.25. The molecule has 0 unspecified atom stereocenters. The summed E-state index contributed by atoms with van der Waals surface area (Å²) in [5, 5.41) is 2.85. The summed E-state index contributed by atoms with van der Waals surface area (Å²) in [6.07, 6.45) is 0. The lowest BCUT2D eigenvalue weighted by molar-refractivity contribution is -0.139. The highest BCUT2D eigenvalue weighted by Gasteiger charge is 2.33. The zero-order valence-corrected chi connectivity index (χ0v) is 26.6. The van der Waals surface area contributed by atoms with Crippen LogP contribution < -0.4 is 23.8 Å². The molecule has 0 bridgehead atoms. The summed E-state index contributed by atoms with van der Waals surface area (Å²) in [6.45, 7) is 9.10. The Bertz CT molecular complexity index is 1490. The maximum absolute atomic E-state index is 14.2. The lowest BCUT2D eigenvalue weighted by Crippen LogP contribution is -2.52. The predicted octanol–water partition coefficient (Wildman–Crippen LogP) is 4.55. The van der Waals surface area contributed by atoms with E-state index in [1.165, 1.54) is 37.3 Å². The van der Waals surface area contributed by atoms with Crippen molar-refractivity contribution in [3.8, 4) is 17.2 Å². The molecule has 43 heavy (non-hydrogen) atoms. The quantitative estimate of drug-likeness (QED) is 0.285. The van der Waals surface area contributed by atoms with Crippen molar-refractivity contribution in [3.05, 3.63) is 77.9 Å².